The molecule has 0 radical (unpaired) electrons. The maximum Gasteiger partial charge on any atom is 0.270 e. The van der Waals surface area contributed by atoms with Crippen LogP contribution in [0.1, 0.15) is 5.56 Å². The van der Waals surface area contributed by atoms with Crippen LogP contribution in [0.5, 0.6) is 0 Å². The Bertz CT molecular complexity index is 665. The zero-order valence-electron chi connectivity index (χ0n) is 10.1. The number of anilines is 1. The van der Waals surface area contributed by atoms with Gasteiger partial charge in [-0.05, 0) is 23.8 Å². The average molecular weight is 343 g/mol. The lowest BCUT2D eigenvalue weighted by Crippen LogP contribution is -2.01. The average Bonchev–Trinajstić information content (AvgIpc) is 2.41. The summed E-state index contributed by atoms with van der Waals surface area (Å²) in [6.45, 7) is 0.323. The molecule has 104 valence electrons. The summed E-state index contributed by atoms with van der Waals surface area (Å²) in [6.07, 6.45) is 0. The van der Waals surface area contributed by atoms with Crippen molar-refractivity contribution in [3.05, 3.63) is 68.2 Å². The Labute approximate surface area is 121 Å². The summed E-state index contributed by atoms with van der Waals surface area (Å²) in [5.74, 6) is -1.84. The minimum Gasteiger partial charge on any atom is -0.381 e. The molecule has 0 saturated heterocycles. The second-order valence-electron chi connectivity index (χ2n) is 4.02. The van der Waals surface area contributed by atoms with Crippen LogP contribution >= 0.6 is 15.9 Å². The van der Waals surface area contributed by atoms with Crippen molar-refractivity contribution in [2.24, 2.45) is 0 Å². The lowest BCUT2D eigenvalue weighted by Gasteiger charge is -2.08. The number of non-ortho nitro benzene ring substituents is 1. The van der Waals surface area contributed by atoms with Gasteiger partial charge in [0.05, 0.1) is 4.92 Å². The zero-order chi connectivity index (χ0) is 14.7. The fourth-order valence-electron chi connectivity index (χ4n) is 1.60. The maximum absolute atomic E-state index is 13.0. The molecule has 0 aliphatic rings. The van der Waals surface area contributed by atoms with Crippen LogP contribution in [0.25, 0.3) is 0 Å². The molecule has 0 saturated carbocycles. The second kappa shape index (κ2) is 5.96. The van der Waals surface area contributed by atoms with E-state index in [4.69, 9.17) is 0 Å². The number of nitrogens with zero attached hydrogens (tertiary/aromatic N) is 1. The Kier molecular flexibility index (Phi) is 4.29. The summed E-state index contributed by atoms with van der Waals surface area (Å²) in [4.78, 5) is 10.1. The molecule has 20 heavy (non-hydrogen) atoms. The zero-order valence-corrected chi connectivity index (χ0v) is 11.7. The van der Waals surface area contributed by atoms with Gasteiger partial charge in [0.2, 0.25) is 0 Å². The SMILES string of the molecule is O=[N+]([O-])c1ccc(CNc2ccc(F)c(F)c2)c(Br)c1. The van der Waals surface area contributed by atoms with E-state index in [1.807, 2.05) is 0 Å². The summed E-state index contributed by atoms with van der Waals surface area (Å²) in [5.41, 5.74) is 1.17. The van der Waals surface area contributed by atoms with Gasteiger partial charge >= 0.3 is 0 Å². The Balaban J connectivity index is 2.10. The van der Waals surface area contributed by atoms with E-state index in [1.54, 1.807) is 6.07 Å². The van der Waals surface area contributed by atoms with Crippen LogP contribution in [-0.2, 0) is 6.54 Å². The highest BCUT2D eigenvalue weighted by Crippen LogP contribution is 2.24. The molecule has 0 aliphatic carbocycles. The molecule has 0 aliphatic heterocycles. The first-order chi connectivity index (χ1) is 9.47. The van der Waals surface area contributed by atoms with Crippen LogP contribution in [0.2, 0.25) is 0 Å². The molecular formula is C13H9BrF2N2O2. The largest absolute Gasteiger partial charge is 0.381 e. The van der Waals surface area contributed by atoms with Crippen LogP contribution in [0.15, 0.2) is 40.9 Å². The van der Waals surface area contributed by atoms with E-state index in [0.717, 1.165) is 17.7 Å². The summed E-state index contributed by atoms with van der Waals surface area (Å²) in [6, 6.07) is 7.86. The van der Waals surface area contributed by atoms with Gasteiger partial charge < -0.3 is 5.32 Å². The second-order valence-corrected chi connectivity index (χ2v) is 4.87. The minimum atomic E-state index is -0.933. The van der Waals surface area contributed by atoms with Crippen LogP contribution in [-0.4, -0.2) is 4.92 Å². The quantitative estimate of drug-likeness (QED) is 0.667. The minimum absolute atomic E-state index is 0.0200. The van der Waals surface area contributed by atoms with Gasteiger partial charge in [0, 0.05) is 34.9 Å². The topological polar surface area (TPSA) is 55.2 Å². The molecule has 1 N–H and O–H groups in total. The van der Waals surface area contributed by atoms with Crippen LogP contribution in [0, 0.1) is 21.7 Å². The fourth-order valence-corrected chi connectivity index (χ4v) is 2.10. The van der Waals surface area contributed by atoms with Gasteiger partial charge in [-0.25, -0.2) is 8.78 Å². The fraction of sp³-hybridized carbons (Fsp3) is 0.0769. The van der Waals surface area contributed by atoms with Crippen molar-refractivity contribution in [1.29, 1.82) is 0 Å². The predicted octanol–water partition coefficient (Wildman–Crippen LogP) is 4.25. The first kappa shape index (κ1) is 14.4. The maximum atomic E-state index is 13.0. The number of rotatable bonds is 4. The standard InChI is InChI=1S/C13H9BrF2N2O2/c14-11-6-10(18(19)20)3-1-8(11)7-17-9-2-4-12(15)13(16)5-9/h1-6,17H,7H2. The number of hydrogen-bond donors (Lipinski definition) is 1. The van der Waals surface area contributed by atoms with E-state index in [9.17, 15) is 18.9 Å². The molecule has 2 aromatic rings. The van der Waals surface area contributed by atoms with E-state index in [-0.39, 0.29) is 5.69 Å². The summed E-state index contributed by atoms with van der Waals surface area (Å²) in [7, 11) is 0. The lowest BCUT2D eigenvalue weighted by molar-refractivity contribution is -0.384. The number of nitrogens with one attached hydrogen (secondary N) is 1. The van der Waals surface area contributed by atoms with Crippen LogP contribution in [0.3, 0.4) is 0 Å². The highest BCUT2D eigenvalue weighted by Gasteiger charge is 2.09. The molecule has 0 fully saturated rings. The molecule has 2 aromatic carbocycles. The smallest absolute Gasteiger partial charge is 0.270 e. The van der Waals surface area contributed by atoms with Crippen molar-refractivity contribution in [2.45, 2.75) is 6.54 Å². The van der Waals surface area contributed by atoms with Gasteiger partial charge in [-0.1, -0.05) is 15.9 Å². The third-order valence-corrected chi connectivity index (χ3v) is 3.39. The summed E-state index contributed by atoms with van der Waals surface area (Å²) >= 11 is 3.24. The number of nitro benzene ring substituents is 1. The van der Waals surface area contributed by atoms with Gasteiger partial charge in [-0.15, -0.1) is 0 Å². The van der Waals surface area contributed by atoms with Gasteiger partial charge in [0.15, 0.2) is 11.6 Å². The van der Waals surface area contributed by atoms with Crippen molar-refractivity contribution >= 4 is 27.3 Å². The third kappa shape index (κ3) is 3.30. The number of benzene rings is 2. The molecule has 0 aromatic heterocycles. The third-order valence-electron chi connectivity index (χ3n) is 2.65. The van der Waals surface area contributed by atoms with Crippen molar-refractivity contribution in [2.75, 3.05) is 5.32 Å². The molecule has 0 spiro atoms. The highest BCUT2D eigenvalue weighted by atomic mass is 79.9. The molecule has 0 atom stereocenters. The number of halogens is 3. The molecular weight excluding hydrogens is 334 g/mol. The normalized spacial score (nSPS) is 10.3. The summed E-state index contributed by atoms with van der Waals surface area (Å²) < 4.78 is 26.4. The first-order valence-corrected chi connectivity index (χ1v) is 6.38. The van der Waals surface area contributed by atoms with Crippen LogP contribution in [0.4, 0.5) is 20.2 Å². The molecule has 0 unspecified atom stereocenters. The lowest BCUT2D eigenvalue weighted by atomic mass is 10.2. The predicted molar refractivity (Wildman–Crippen MR) is 74.5 cm³/mol. The first-order valence-electron chi connectivity index (χ1n) is 5.59. The molecule has 0 amide bonds. The van der Waals surface area contributed by atoms with E-state index in [1.165, 1.54) is 18.2 Å². The highest BCUT2D eigenvalue weighted by molar-refractivity contribution is 9.10. The molecule has 7 heteroatoms. The van der Waals surface area contributed by atoms with Gasteiger partial charge in [-0.3, -0.25) is 10.1 Å². The van der Waals surface area contributed by atoms with E-state index in [0.29, 0.717) is 16.7 Å². The monoisotopic (exact) mass is 342 g/mol. The number of hydrogen-bond acceptors (Lipinski definition) is 3. The number of nitro groups is 1. The van der Waals surface area contributed by atoms with Crippen molar-refractivity contribution < 1.29 is 13.7 Å². The van der Waals surface area contributed by atoms with Crippen molar-refractivity contribution in [3.8, 4) is 0 Å². The molecule has 4 nitrogen and oxygen atoms in total. The van der Waals surface area contributed by atoms with Gasteiger partial charge in [-0.2, -0.15) is 0 Å². The van der Waals surface area contributed by atoms with Crippen molar-refractivity contribution in [1.82, 2.24) is 0 Å². The Morgan fingerprint density at radius 1 is 1.15 bits per heavy atom. The van der Waals surface area contributed by atoms with Crippen molar-refractivity contribution in [3.63, 3.8) is 0 Å². The summed E-state index contributed by atoms with van der Waals surface area (Å²) in [5, 5.41) is 13.5. The molecule has 0 heterocycles. The van der Waals surface area contributed by atoms with E-state index < -0.39 is 16.6 Å². The Morgan fingerprint density at radius 2 is 1.90 bits per heavy atom. The van der Waals surface area contributed by atoms with Crippen LogP contribution < -0.4 is 5.32 Å². The Morgan fingerprint density at radius 3 is 2.50 bits per heavy atom. The Hall–Kier alpha value is -2.02. The van der Waals surface area contributed by atoms with Gasteiger partial charge in [0.25, 0.3) is 5.69 Å². The molecule has 2 rings (SSSR count). The molecule has 0 bridgehead atoms. The van der Waals surface area contributed by atoms with E-state index >= 15 is 0 Å². The van der Waals surface area contributed by atoms with E-state index in [2.05, 4.69) is 21.2 Å². The van der Waals surface area contributed by atoms with Gasteiger partial charge in [0.1, 0.15) is 0 Å².